The minimum absolute atomic E-state index is 0. The van der Waals surface area contributed by atoms with Crippen molar-refractivity contribution in [1.82, 2.24) is 9.78 Å². The third-order valence-corrected chi connectivity index (χ3v) is 4.03. The Morgan fingerprint density at radius 2 is 2.00 bits per heavy atom. The summed E-state index contributed by atoms with van der Waals surface area (Å²) < 4.78 is 39.1. The van der Waals surface area contributed by atoms with E-state index in [4.69, 9.17) is 6.57 Å². The van der Waals surface area contributed by atoms with Gasteiger partial charge in [-0.3, -0.25) is 5.04 Å². The van der Waals surface area contributed by atoms with Crippen LogP contribution in [0.3, 0.4) is 0 Å². The SMILES string of the molecule is [C-]#[N+]c1cnn(-c2cc(SOO[O-])cc(S(=O)(=O)[O-])c2)c1C.[Na+].[Na+]. The van der Waals surface area contributed by atoms with Crippen molar-refractivity contribution < 1.29 is 86.7 Å². The van der Waals surface area contributed by atoms with Gasteiger partial charge < -0.3 is 9.81 Å². The van der Waals surface area contributed by atoms with E-state index < -0.39 is 15.0 Å². The number of aromatic nitrogens is 2. The van der Waals surface area contributed by atoms with Gasteiger partial charge in [-0.15, -0.1) is 0 Å². The summed E-state index contributed by atoms with van der Waals surface area (Å²) in [7, 11) is -4.73. The van der Waals surface area contributed by atoms with Gasteiger partial charge in [0.1, 0.15) is 10.1 Å². The molecule has 0 bridgehead atoms. The standard InChI is InChI=1S/C11H9N3O6S2.2Na/c1-7-11(12-2)6-13-14(7)8-3-9(21-20-19-15)5-10(4-8)22(16,17)18;;/h3-6,15H,1H3,(H,16,17,18);;/q;2*+1/p-2. The minimum atomic E-state index is -4.73. The Kier molecular flexibility index (Phi) is 10.3. The van der Waals surface area contributed by atoms with E-state index in [9.17, 15) is 18.2 Å². The van der Waals surface area contributed by atoms with Crippen molar-refractivity contribution in [1.29, 1.82) is 0 Å². The quantitative estimate of drug-likeness (QED) is 0.125. The molecule has 0 saturated carbocycles. The smallest absolute Gasteiger partial charge is 0.744 e. The van der Waals surface area contributed by atoms with Crippen molar-refractivity contribution in [3.63, 3.8) is 0 Å². The normalized spacial score (nSPS) is 10.4. The van der Waals surface area contributed by atoms with Crippen LogP contribution in [0, 0.1) is 13.5 Å². The third kappa shape index (κ3) is 5.80. The van der Waals surface area contributed by atoms with E-state index in [1.165, 1.54) is 16.9 Å². The van der Waals surface area contributed by atoms with Crippen molar-refractivity contribution in [2.24, 2.45) is 0 Å². The molecule has 116 valence electrons. The minimum Gasteiger partial charge on any atom is -0.744 e. The molecule has 9 nitrogen and oxygen atoms in total. The number of nitrogens with zero attached hydrogens (tertiary/aromatic N) is 3. The maximum atomic E-state index is 11.2. The Hall–Kier alpha value is 0.0600. The van der Waals surface area contributed by atoms with Gasteiger partial charge in [-0.05, 0) is 25.1 Å². The summed E-state index contributed by atoms with van der Waals surface area (Å²) >= 11 is 0.438. The first-order valence-corrected chi connectivity index (χ1v) is 7.68. The molecule has 0 N–H and O–H groups in total. The summed E-state index contributed by atoms with van der Waals surface area (Å²) in [6.45, 7) is 8.60. The van der Waals surface area contributed by atoms with Gasteiger partial charge in [0.25, 0.3) is 0 Å². The first-order chi connectivity index (χ1) is 10.4. The Balaban J connectivity index is 0.00000264. The van der Waals surface area contributed by atoms with Crippen molar-refractivity contribution in [2.75, 3.05) is 0 Å². The molecule has 13 heteroatoms. The van der Waals surface area contributed by atoms with Gasteiger partial charge in [0, 0.05) is 10.6 Å². The fourth-order valence-corrected chi connectivity index (χ4v) is 2.76. The Morgan fingerprint density at radius 1 is 1.33 bits per heavy atom. The molecule has 24 heavy (non-hydrogen) atoms. The second-order valence-corrected chi connectivity index (χ2v) is 6.13. The Morgan fingerprint density at radius 3 is 2.50 bits per heavy atom. The van der Waals surface area contributed by atoms with Gasteiger partial charge in [-0.2, -0.15) is 9.43 Å². The number of hydrogen-bond acceptors (Lipinski definition) is 8. The monoisotopic (exact) mass is 387 g/mol. The van der Waals surface area contributed by atoms with Crippen LogP contribution in [-0.2, 0) is 19.5 Å². The molecule has 1 aromatic heterocycles. The van der Waals surface area contributed by atoms with Gasteiger partial charge >= 0.3 is 59.1 Å². The topological polar surface area (TPSA) is 121 Å². The first kappa shape index (κ1) is 24.1. The van der Waals surface area contributed by atoms with Crippen molar-refractivity contribution in [2.45, 2.75) is 16.7 Å². The largest absolute Gasteiger partial charge is 1.00 e. The van der Waals surface area contributed by atoms with Crippen LogP contribution in [-0.4, -0.2) is 22.8 Å². The Labute approximate surface area is 186 Å². The summed E-state index contributed by atoms with van der Waals surface area (Å²) in [5, 5.41) is 17.0. The molecule has 2 aromatic rings. The number of benzene rings is 1. The summed E-state index contributed by atoms with van der Waals surface area (Å²) in [6.07, 6.45) is 1.31. The van der Waals surface area contributed by atoms with E-state index in [2.05, 4.69) is 19.3 Å². The van der Waals surface area contributed by atoms with Crippen LogP contribution in [0.15, 0.2) is 34.2 Å². The van der Waals surface area contributed by atoms with Crippen molar-refractivity contribution in [3.8, 4) is 5.69 Å². The molecule has 0 atom stereocenters. The molecule has 0 unspecified atom stereocenters. The Bertz CT molecular complexity index is 850. The zero-order chi connectivity index (χ0) is 16.3. The van der Waals surface area contributed by atoms with E-state index in [-0.39, 0.29) is 75.4 Å². The molecule has 1 aromatic carbocycles. The third-order valence-electron chi connectivity index (χ3n) is 2.66. The molecular weight excluding hydrogens is 380 g/mol. The van der Waals surface area contributed by atoms with E-state index in [0.717, 1.165) is 12.1 Å². The molecule has 0 aliphatic heterocycles. The molecule has 0 aliphatic rings. The second kappa shape index (κ2) is 10.3. The van der Waals surface area contributed by atoms with E-state index in [1.807, 2.05) is 0 Å². The van der Waals surface area contributed by atoms with E-state index >= 15 is 0 Å². The van der Waals surface area contributed by atoms with E-state index in [1.54, 1.807) is 6.92 Å². The molecule has 0 radical (unpaired) electrons. The van der Waals surface area contributed by atoms with Crippen LogP contribution in [0.4, 0.5) is 5.69 Å². The molecule has 1 heterocycles. The zero-order valence-corrected chi connectivity index (χ0v) is 18.6. The summed E-state index contributed by atoms with van der Waals surface area (Å²) in [6, 6.07) is 3.56. The molecule has 0 fully saturated rings. The van der Waals surface area contributed by atoms with Gasteiger partial charge in [0.2, 0.25) is 5.69 Å². The van der Waals surface area contributed by atoms with Crippen molar-refractivity contribution >= 4 is 27.8 Å². The number of rotatable bonds is 5. The van der Waals surface area contributed by atoms with Crippen LogP contribution >= 0.6 is 12.0 Å². The van der Waals surface area contributed by atoms with Gasteiger partial charge in [0.05, 0.1) is 35.4 Å². The molecule has 2 rings (SSSR count). The summed E-state index contributed by atoms with van der Waals surface area (Å²) in [5.41, 5.74) is 0.970. The average Bonchev–Trinajstić information content (AvgIpc) is 2.84. The fraction of sp³-hybridized carbons (Fsp3) is 0.0909. The zero-order valence-electron chi connectivity index (χ0n) is 12.9. The average molecular weight is 387 g/mol. The van der Waals surface area contributed by atoms with Gasteiger partial charge in [-0.25, -0.2) is 17.9 Å². The molecule has 0 aliphatic carbocycles. The first-order valence-electron chi connectivity index (χ1n) is 5.53. The maximum Gasteiger partial charge on any atom is 1.00 e. The van der Waals surface area contributed by atoms with Crippen LogP contribution in [0.25, 0.3) is 10.5 Å². The molecular formula is C11H7N3Na2O6S2. The van der Waals surface area contributed by atoms with Crippen molar-refractivity contribution in [3.05, 3.63) is 41.5 Å². The fourth-order valence-electron chi connectivity index (χ4n) is 1.70. The van der Waals surface area contributed by atoms with Gasteiger partial charge in [-0.1, -0.05) is 0 Å². The van der Waals surface area contributed by atoms with E-state index in [0.29, 0.717) is 17.7 Å². The van der Waals surface area contributed by atoms with Crippen LogP contribution in [0.2, 0.25) is 0 Å². The summed E-state index contributed by atoms with van der Waals surface area (Å²) in [5.74, 6) is 0. The maximum absolute atomic E-state index is 11.2. The van der Waals surface area contributed by atoms with Crippen LogP contribution in [0.5, 0.6) is 0 Å². The molecule has 0 spiro atoms. The molecule has 0 amide bonds. The second-order valence-electron chi connectivity index (χ2n) is 3.97. The van der Waals surface area contributed by atoms with Crippen LogP contribution < -0.4 is 64.4 Å². The number of hydrogen-bond donors (Lipinski definition) is 0. The predicted octanol–water partition coefficient (Wildman–Crippen LogP) is -5.13. The predicted molar refractivity (Wildman–Crippen MR) is 70.6 cm³/mol. The van der Waals surface area contributed by atoms with Crippen LogP contribution in [0.1, 0.15) is 5.69 Å². The molecule has 0 saturated heterocycles. The van der Waals surface area contributed by atoms with Gasteiger partial charge in [0.15, 0.2) is 0 Å². The summed E-state index contributed by atoms with van der Waals surface area (Å²) in [4.78, 5) is 2.87.